The maximum absolute atomic E-state index is 11.2. The minimum Gasteiger partial charge on any atom is -0.462 e. The van der Waals surface area contributed by atoms with Gasteiger partial charge in [0.05, 0.1) is 10.9 Å². The fourth-order valence-corrected chi connectivity index (χ4v) is 1.90. The van der Waals surface area contributed by atoms with Crippen LogP contribution in [0, 0.1) is 11.3 Å². The van der Waals surface area contributed by atoms with Gasteiger partial charge in [0, 0.05) is 4.88 Å². The maximum atomic E-state index is 11.2. The number of hydrogen-bond acceptors (Lipinski definition) is 4. The van der Waals surface area contributed by atoms with Crippen molar-refractivity contribution in [3.8, 4) is 6.07 Å². The molecule has 0 amide bonds. The molecule has 78 valence electrons. The molecule has 0 fully saturated rings. The lowest BCUT2D eigenvalue weighted by Gasteiger charge is -1.97. The van der Waals surface area contributed by atoms with E-state index in [2.05, 4.69) is 0 Å². The molecule has 0 radical (unpaired) electrons. The zero-order valence-electron chi connectivity index (χ0n) is 7.99. The van der Waals surface area contributed by atoms with Gasteiger partial charge in [0.25, 0.3) is 0 Å². The van der Waals surface area contributed by atoms with E-state index < -0.39 is 5.97 Å². The van der Waals surface area contributed by atoms with Crippen LogP contribution < -0.4 is 0 Å². The SMILES string of the molecule is CCOC(=O)/C(C#N)=C/c1ccc(Cl)s1. The summed E-state index contributed by atoms with van der Waals surface area (Å²) in [5.41, 5.74) is -0.0182. The van der Waals surface area contributed by atoms with Gasteiger partial charge >= 0.3 is 5.97 Å². The molecular formula is C10H8ClNO2S. The summed E-state index contributed by atoms with van der Waals surface area (Å²) in [7, 11) is 0. The van der Waals surface area contributed by atoms with Crippen LogP contribution in [0.2, 0.25) is 4.34 Å². The lowest BCUT2D eigenvalue weighted by atomic mass is 10.2. The first kappa shape index (κ1) is 11.8. The van der Waals surface area contributed by atoms with Crippen LogP contribution in [-0.4, -0.2) is 12.6 Å². The van der Waals surface area contributed by atoms with E-state index >= 15 is 0 Å². The first-order chi connectivity index (χ1) is 7.17. The van der Waals surface area contributed by atoms with Crippen molar-refractivity contribution in [1.29, 1.82) is 5.26 Å². The van der Waals surface area contributed by atoms with E-state index in [1.807, 2.05) is 0 Å². The Bertz CT molecular complexity index is 431. The molecule has 0 saturated carbocycles. The number of halogens is 1. The number of nitrogens with zero attached hydrogens (tertiary/aromatic N) is 1. The third-order valence-electron chi connectivity index (χ3n) is 1.50. The van der Waals surface area contributed by atoms with E-state index in [1.165, 1.54) is 17.4 Å². The van der Waals surface area contributed by atoms with Crippen molar-refractivity contribution >= 4 is 35.0 Å². The number of nitriles is 1. The Morgan fingerprint density at radius 1 is 1.73 bits per heavy atom. The Kier molecular flexibility index (Phi) is 4.35. The van der Waals surface area contributed by atoms with Gasteiger partial charge in [-0.3, -0.25) is 0 Å². The smallest absolute Gasteiger partial charge is 0.348 e. The number of hydrogen-bond donors (Lipinski definition) is 0. The highest BCUT2D eigenvalue weighted by molar-refractivity contribution is 7.17. The molecule has 0 bridgehead atoms. The van der Waals surface area contributed by atoms with Gasteiger partial charge in [-0.05, 0) is 25.1 Å². The second kappa shape index (κ2) is 5.54. The molecule has 0 aliphatic heterocycles. The largest absolute Gasteiger partial charge is 0.462 e. The molecule has 1 aromatic rings. The van der Waals surface area contributed by atoms with Crippen molar-refractivity contribution in [3.63, 3.8) is 0 Å². The summed E-state index contributed by atoms with van der Waals surface area (Å²) in [6, 6.07) is 5.24. The molecule has 0 atom stereocenters. The summed E-state index contributed by atoms with van der Waals surface area (Å²) in [6.45, 7) is 1.94. The topological polar surface area (TPSA) is 50.1 Å². The van der Waals surface area contributed by atoms with Crippen molar-refractivity contribution in [3.05, 3.63) is 26.9 Å². The average molecular weight is 242 g/mol. The van der Waals surface area contributed by atoms with Gasteiger partial charge in [-0.2, -0.15) is 5.26 Å². The Morgan fingerprint density at radius 2 is 2.47 bits per heavy atom. The second-order valence-corrected chi connectivity index (χ2v) is 4.28. The molecular weight excluding hydrogens is 234 g/mol. The van der Waals surface area contributed by atoms with Crippen LogP contribution >= 0.6 is 22.9 Å². The highest BCUT2D eigenvalue weighted by Gasteiger charge is 2.09. The molecule has 0 saturated heterocycles. The van der Waals surface area contributed by atoms with Crippen LogP contribution in [-0.2, 0) is 9.53 Å². The Hall–Kier alpha value is -1.31. The Balaban J connectivity index is 2.88. The number of carbonyl (C=O) groups is 1. The third kappa shape index (κ3) is 3.39. The minimum atomic E-state index is -0.607. The number of thiophene rings is 1. The summed E-state index contributed by atoms with van der Waals surface area (Å²) >= 11 is 7.02. The van der Waals surface area contributed by atoms with Crippen molar-refractivity contribution < 1.29 is 9.53 Å². The third-order valence-corrected chi connectivity index (χ3v) is 2.67. The second-order valence-electron chi connectivity index (χ2n) is 2.53. The summed E-state index contributed by atoms with van der Waals surface area (Å²) < 4.78 is 5.33. The summed E-state index contributed by atoms with van der Waals surface area (Å²) in [6.07, 6.45) is 1.47. The molecule has 15 heavy (non-hydrogen) atoms. The monoisotopic (exact) mass is 241 g/mol. The van der Waals surface area contributed by atoms with Crippen LogP contribution in [0.1, 0.15) is 11.8 Å². The molecule has 3 nitrogen and oxygen atoms in total. The van der Waals surface area contributed by atoms with Gasteiger partial charge in [0.2, 0.25) is 0 Å². The zero-order chi connectivity index (χ0) is 11.3. The molecule has 1 aromatic heterocycles. The van der Waals surface area contributed by atoms with E-state index in [1.54, 1.807) is 25.1 Å². The first-order valence-electron chi connectivity index (χ1n) is 4.21. The normalized spacial score (nSPS) is 10.9. The predicted molar refractivity (Wildman–Crippen MR) is 59.6 cm³/mol. The van der Waals surface area contributed by atoms with Gasteiger partial charge in [-0.15, -0.1) is 11.3 Å². The fraction of sp³-hybridized carbons (Fsp3) is 0.200. The number of ether oxygens (including phenoxy) is 1. The van der Waals surface area contributed by atoms with E-state index in [0.717, 1.165) is 4.88 Å². The van der Waals surface area contributed by atoms with Gasteiger partial charge < -0.3 is 4.74 Å². The predicted octanol–water partition coefficient (Wildman–Crippen LogP) is 2.87. The molecule has 0 spiro atoms. The summed E-state index contributed by atoms with van der Waals surface area (Å²) in [5, 5.41) is 8.74. The van der Waals surface area contributed by atoms with Crippen molar-refractivity contribution in [2.24, 2.45) is 0 Å². The van der Waals surface area contributed by atoms with E-state index in [-0.39, 0.29) is 12.2 Å². The molecule has 0 N–H and O–H groups in total. The lowest BCUT2D eigenvalue weighted by Crippen LogP contribution is -2.05. The molecule has 0 unspecified atom stereocenters. The molecule has 5 heteroatoms. The molecule has 0 aliphatic carbocycles. The van der Waals surface area contributed by atoms with E-state index in [4.69, 9.17) is 21.6 Å². The molecule has 0 aliphatic rings. The average Bonchev–Trinajstić information content (AvgIpc) is 2.61. The number of carbonyl (C=O) groups excluding carboxylic acids is 1. The number of esters is 1. The van der Waals surface area contributed by atoms with Crippen LogP contribution in [0.25, 0.3) is 6.08 Å². The zero-order valence-corrected chi connectivity index (χ0v) is 9.56. The summed E-state index contributed by atoms with van der Waals surface area (Å²) in [5.74, 6) is -0.607. The van der Waals surface area contributed by atoms with Gasteiger partial charge in [-0.25, -0.2) is 4.79 Å². The fourth-order valence-electron chi connectivity index (χ4n) is 0.894. The quantitative estimate of drug-likeness (QED) is 0.465. The van der Waals surface area contributed by atoms with E-state index in [0.29, 0.717) is 4.34 Å². The standard InChI is InChI=1S/C10H8ClNO2S/c1-2-14-10(13)7(6-12)5-8-3-4-9(11)15-8/h3-5H,2H2,1H3/b7-5+. The first-order valence-corrected chi connectivity index (χ1v) is 5.41. The van der Waals surface area contributed by atoms with Gasteiger partial charge in [-0.1, -0.05) is 11.6 Å². The van der Waals surface area contributed by atoms with Crippen molar-refractivity contribution in [1.82, 2.24) is 0 Å². The molecule has 0 aromatic carbocycles. The highest BCUT2D eigenvalue weighted by atomic mass is 35.5. The molecule has 1 heterocycles. The van der Waals surface area contributed by atoms with Gasteiger partial charge in [0.15, 0.2) is 0 Å². The van der Waals surface area contributed by atoms with Crippen LogP contribution in [0.4, 0.5) is 0 Å². The minimum absolute atomic E-state index is 0.0182. The Labute approximate surface area is 96.5 Å². The highest BCUT2D eigenvalue weighted by Crippen LogP contribution is 2.23. The van der Waals surface area contributed by atoms with Crippen LogP contribution in [0.5, 0.6) is 0 Å². The maximum Gasteiger partial charge on any atom is 0.348 e. The van der Waals surface area contributed by atoms with Crippen LogP contribution in [0.3, 0.4) is 0 Å². The summed E-state index contributed by atoms with van der Waals surface area (Å²) in [4.78, 5) is 12.0. The van der Waals surface area contributed by atoms with E-state index in [9.17, 15) is 4.79 Å². The lowest BCUT2D eigenvalue weighted by molar-refractivity contribution is -0.137. The van der Waals surface area contributed by atoms with Crippen molar-refractivity contribution in [2.75, 3.05) is 6.61 Å². The van der Waals surface area contributed by atoms with Crippen molar-refractivity contribution in [2.45, 2.75) is 6.92 Å². The number of rotatable bonds is 3. The Morgan fingerprint density at radius 3 is 2.93 bits per heavy atom. The van der Waals surface area contributed by atoms with Gasteiger partial charge in [0.1, 0.15) is 11.6 Å². The van der Waals surface area contributed by atoms with Crippen LogP contribution in [0.15, 0.2) is 17.7 Å². The molecule has 1 rings (SSSR count).